The Bertz CT molecular complexity index is 1230. The van der Waals surface area contributed by atoms with Crippen LogP contribution in [0.1, 0.15) is 39.2 Å². The lowest BCUT2D eigenvalue weighted by molar-refractivity contribution is -0.143. The van der Waals surface area contributed by atoms with Crippen LogP contribution < -0.4 is 10.6 Å². The van der Waals surface area contributed by atoms with Crippen LogP contribution in [0.15, 0.2) is 54.6 Å². The molecule has 38 heavy (non-hydrogen) atoms. The predicted molar refractivity (Wildman–Crippen MR) is 150 cm³/mol. The Kier molecular flexibility index (Phi) is 7.26. The van der Waals surface area contributed by atoms with Gasteiger partial charge in [0.05, 0.1) is 29.2 Å². The largest absolute Gasteiger partial charge is 0.394 e. The molecule has 202 valence electrons. The van der Waals surface area contributed by atoms with E-state index < -0.39 is 33.4 Å². The summed E-state index contributed by atoms with van der Waals surface area (Å²) in [5, 5.41) is 16.9. The fourth-order valence-electron chi connectivity index (χ4n) is 6.68. The Balaban J connectivity index is 1.50. The fraction of sp³-hybridized carbons (Fsp3) is 0.483. The van der Waals surface area contributed by atoms with E-state index >= 15 is 0 Å². The van der Waals surface area contributed by atoms with Crippen LogP contribution >= 0.6 is 23.4 Å². The number of anilines is 1. The molecule has 2 aromatic rings. The zero-order chi connectivity index (χ0) is 27.2. The van der Waals surface area contributed by atoms with Crippen molar-refractivity contribution in [1.82, 2.24) is 10.2 Å². The number of amides is 3. The normalized spacial score (nSPS) is 30.4. The number of halogens is 1. The number of thioether (sulfide) groups is 1. The Hall–Kier alpha value is -2.55. The highest BCUT2D eigenvalue weighted by Crippen LogP contribution is 2.71. The predicted octanol–water partition coefficient (Wildman–Crippen LogP) is 4.09. The molecule has 2 bridgehead atoms. The first kappa shape index (κ1) is 27.0. The molecule has 0 saturated carbocycles. The van der Waals surface area contributed by atoms with Crippen LogP contribution in [0.25, 0.3) is 0 Å². The molecule has 0 radical (unpaired) electrons. The van der Waals surface area contributed by atoms with Gasteiger partial charge in [0.2, 0.25) is 17.7 Å². The van der Waals surface area contributed by atoms with E-state index in [1.165, 1.54) is 0 Å². The van der Waals surface area contributed by atoms with E-state index in [0.29, 0.717) is 23.7 Å². The Labute approximate surface area is 232 Å². The number of nitrogens with one attached hydrogen (secondary N) is 2. The first-order valence-electron chi connectivity index (χ1n) is 13.1. The summed E-state index contributed by atoms with van der Waals surface area (Å²) >= 11 is 7.65. The average Bonchev–Trinajstić information content (AvgIpc) is 3.46. The first-order chi connectivity index (χ1) is 18.1. The van der Waals surface area contributed by atoms with E-state index in [0.717, 1.165) is 12.0 Å². The maximum absolute atomic E-state index is 14.2. The lowest BCUT2D eigenvalue weighted by Crippen LogP contribution is -2.56. The molecule has 2 unspecified atom stereocenters. The molecule has 3 N–H and O–H groups in total. The third-order valence-electron chi connectivity index (χ3n) is 8.48. The highest BCUT2D eigenvalue weighted by atomic mass is 35.5. The summed E-state index contributed by atoms with van der Waals surface area (Å²) in [6, 6.07) is 15.2. The number of benzene rings is 2. The minimum atomic E-state index is -0.811. The van der Waals surface area contributed by atoms with Crippen LogP contribution in [0.3, 0.4) is 0 Å². The van der Waals surface area contributed by atoms with Gasteiger partial charge in [-0.25, -0.2) is 0 Å². The third-order valence-corrected chi connectivity index (χ3v) is 10.7. The van der Waals surface area contributed by atoms with Gasteiger partial charge in [-0.15, -0.1) is 11.8 Å². The lowest BCUT2D eigenvalue weighted by Gasteiger charge is -2.38. The molecule has 3 aliphatic heterocycles. The molecule has 3 saturated heterocycles. The van der Waals surface area contributed by atoms with Crippen molar-refractivity contribution in [2.75, 3.05) is 11.9 Å². The molecule has 0 aromatic heterocycles. The summed E-state index contributed by atoms with van der Waals surface area (Å²) in [6.45, 7) is 6.04. The number of fused-ring (bicyclic) bond motifs is 1. The molecule has 9 heteroatoms. The molecule has 0 aliphatic carbocycles. The maximum atomic E-state index is 14.2. The van der Waals surface area contributed by atoms with Gasteiger partial charge in [-0.05, 0) is 55.5 Å². The quantitative estimate of drug-likeness (QED) is 0.456. The minimum absolute atomic E-state index is 0.0758. The summed E-state index contributed by atoms with van der Waals surface area (Å²) in [5.41, 5.74) is 1.56. The second-order valence-electron chi connectivity index (χ2n) is 11.2. The molecular formula is C29H34ClN3O4S. The summed E-state index contributed by atoms with van der Waals surface area (Å²) in [5.74, 6) is -1.97. The second-order valence-corrected chi connectivity index (χ2v) is 13.5. The van der Waals surface area contributed by atoms with Gasteiger partial charge < -0.3 is 20.6 Å². The number of likely N-dealkylation sites (tertiary alicyclic amines) is 1. The summed E-state index contributed by atoms with van der Waals surface area (Å²) in [4.78, 5) is 43.5. The van der Waals surface area contributed by atoms with E-state index in [1.807, 2.05) is 44.2 Å². The van der Waals surface area contributed by atoms with Gasteiger partial charge in [-0.2, -0.15) is 0 Å². The van der Waals surface area contributed by atoms with Gasteiger partial charge in [0.25, 0.3) is 0 Å². The Morgan fingerprint density at radius 2 is 1.79 bits per heavy atom. The molecule has 3 heterocycles. The van der Waals surface area contributed by atoms with Crippen LogP contribution in [-0.2, 0) is 20.9 Å². The summed E-state index contributed by atoms with van der Waals surface area (Å²) in [6.07, 6.45) is 1.38. The zero-order valence-electron chi connectivity index (χ0n) is 21.8. The van der Waals surface area contributed by atoms with Crippen LogP contribution in [0.4, 0.5) is 5.69 Å². The van der Waals surface area contributed by atoms with Crippen LogP contribution in [0, 0.1) is 17.8 Å². The molecule has 2 aromatic carbocycles. The standard InChI is InChI=1S/C29H34ClN3O4S/c1-17(2)21(16-34)33-24(26(36)32-20-11-9-19(30)10-12-20)29-14-13-28(3,38-29)22(23(29)27(33)37)25(35)31-15-18-7-5-4-6-8-18/h4-12,17,21-24,34H,13-16H2,1-3H3,(H,31,35)(H,32,36)/t21-,22+,23-,24?,28-,29?/m0/s1. The zero-order valence-corrected chi connectivity index (χ0v) is 23.4. The first-order valence-corrected chi connectivity index (χ1v) is 14.3. The molecule has 3 aliphatic rings. The molecule has 5 rings (SSSR count). The van der Waals surface area contributed by atoms with Crippen molar-refractivity contribution < 1.29 is 19.5 Å². The summed E-state index contributed by atoms with van der Waals surface area (Å²) in [7, 11) is 0. The van der Waals surface area contributed by atoms with E-state index in [4.69, 9.17) is 11.6 Å². The second kappa shape index (κ2) is 10.2. The van der Waals surface area contributed by atoms with E-state index in [9.17, 15) is 19.5 Å². The number of nitrogens with zero attached hydrogens (tertiary/aromatic N) is 1. The van der Waals surface area contributed by atoms with Crippen molar-refractivity contribution in [3.63, 3.8) is 0 Å². The molecule has 3 amide bonds. The van der Waals surface area contributed by atoms with Crippen LogP contribution in [-0.4, -0.2) is 55.9 Å². The molecule has 3 fully saturated rings. The third kappa shape index (κ3) is 4.40. The number of hydrogen-bond acceptors (Lipinski definition) is 5. The van der Waals surface area contributed by atoms with Gasteiger partial charge in [-0.3, -0.25) is 14.4 Å². The van der Waals surface area contributed by atoms with E-state index in [2.05, 4.69) is 17.6 Å². The van der Waals surface area contributed by atoms with Crippen molar-refractivity contribution in [3.8, 4) is 0 Å². The number of rotatable bonds is 8. The SMILES string of the molecule is CC(C)[C@H](CO)N1C(=O)[C@@H]2[C@H](C(=O)NCc3ccccc3)[C@]3(C)CCC2(S3)C1C(=O)Nc1ccc(Cl)cc1. The van der Waals surface area contributed by atoms with Crippen LogP contribution in [0.2, 0.25) is 5.02 Å². The Morgan fingerprint density at radius 1 is 1.11 bits per heavy atom. The molecular weight excluding hydrogens is 522 g/mol. The Morgan fingerprint density at radius 3 is 2.42 bits per heavy atom. The van der Waals surface area contributed by atoms with Crippen molar-refractivity contribution in [2.24, 2.45) is 17.8 Å². The lowest BCUT2D eigenvalue weighted by atomic mass is 9.66. The fourth-order valence-corrected chi connectivity index (χ4v) is 9.15. The van der Waals surface area contributed by atoms with Gasteiger partial charge in [-0.1, -0.05) is 55.8 Å². The van der Waals surface area contributed by atoms with Crippen molar-refractivity contribution >= 4 is 46.8 Å². The monoisotopic (exact) mass is 555 g/mol. The number of hydrogen-bond donors (Lipinski definition) is 3. The van der Waals surface area contributed by atoms with Gasteiger partial charge in [0.15, 0.2) is 0 Å². The topological polar surface area (TPSA) is 98.7 Å². The van der Waals surface area contributed by atoms with Gasteiger partial charge in [0.1, 0.15) is 6.04 Å². The number of aliphatic hydroxyl groups is 1. The molecule has 6 atom stereocenters. The maximum Gasteiger partial charge on any atom is 0.248 e. The van der Waals surface area contributed by atoms with Crippen LogP contribution in [0.5, 0.6) is 0 Å². The van der Waals surface area contributed by atoms with E-state index in [1.54, 1.807) is 40.9 Å². The van der Waals surface area contributed by atoms with Crippen molar-refractivity contribution in [3.05, 3.63) is 65.2 Å². The highest BCUT2D eigenvalue weighted by molar-refractivity contribution is 8.02. The highest BCUT2D eigenvalue weighted by Gasteiger charge is 2.77. The van der Waals surface area contributed by atoms with Crippen molar-refractivity contribution in [1.29, 1.82) is 0 Å². The smallest absolute Gasteiger partial charge is 0.248 e. The number of aliphatic hydroxyl groups excluding tert-OH is 1. The number of carbonyl (C=O) groups is 3. The van der Waals surface area contributed by atoms with Gasteiger partial charge in [0, 0.05) is 22.0 Å². The molecule has 1 spiro atoms. The average molecular weight is 556 g/mol. The molecule has 7 nitrogen and oxygen atoms in total. The van der Waals surface area contributed by atoms with Gasteiger partial charge >= 0.3 is 0 Å². The van der Waals surface area contributed by atoms with Crippen molar-refractivity contribution in [2.45, 2.75) is 61.7 Å². The van der Waals surface area contributed by atoms with E-state index in [-0.39, 0.29) is 30.2 Å². The number of carbonyl (C=O) groups excluding carboxylic acids is 3. The summed E-state index contributed by atoms with van der Waals surface area (Å²) < 4.78 is -1.21. The minimum Gasteiger partial charge on any atom is -0.394 e.